The Morgan fingerprint density at radius 3 is 2.75 bits per heavy atom. The number of hydrogen-bond donors (Lipinski definition) is 1. The first-order valence-electron chi connectivity index (χ1n) is 8.09. The number of unbranched alkanes of at least 4 members (excludes halogenated alkanes) is 2. The van der Waals surface area contributed by atoms with Crippen LogP contribution in [0.4, 0.5) is 0 Å². The number of hydrazone groups is 1. The van der Waals surface area contributed by atoms with Gasteiger partial charge in [-0.2, -0.15) is 14.9 Å². The van der Waals surface area contributed by atoms with E-state index in [1.165, 1.54) is 37.4 Å². The largest absolute Gasteiger partial charge is 0.619 e. The van der Waals surface area contributed by atoms with Crippen molar-refractivity contribution >= 4 is 12.1 Å². The first kappa shape index (κ1) is 17.7. The lowest BCUT2D eigenvalue weighted by Crippen LogP contribution is -2.26. The third kappa shape index (κ3) is 4.41. The van der Waals surface area contributed by atoms with Crippen molar-refractivity contribution in [2.45, 2.75) is 46.6 Å². The molecule has 0 aliphatic rings. The van der Waals surface area contributed by atoms with Crippen molar-refractivity contribution in [1.29, 1.82) is 0 Å². The molecule has 0 saturated carbocycles. The average molecular weight is 329 g/mol. The zero-order valence-electron chi connectivity index (χ0n) is 14.3. The first-order chi connectivity index (χ1) is 11.5. The maximum absolute atomic E-state index is 11.9. The standard InChI is InChI=1S/C17H23N5O2/c1-4-5-6-9-22-14(3)16(13(2)20-22)12-18-19-17(23)15-7-10-21(24)11-8-15/h7-8,10-12H,4-6,9H2,1-3H3,(H,19,23)/b18-12-. The normalized spacial score (nSPS) is 11.1. The Morgan fingerprint density at radius 2 is 2.08 bits per heavy atom. The number of aryl methyl sites for hydroxylation is 2. The minimum atomic E-state index is -0.363. The molecule has 2 heterocycles. The van der Waals surface area contributed by atoms with E-state index >= 15 is 0 Å². The van der Waals surface area contributed by atoms with Crippen molar-refractivity contribution in [1.82, 2.24) is 15.2 Å². The summed E-state index contributed by atoms with van der Waals surface area (Å²) in [6, 6.07) is 2.89. The molecule has 1 amide bonds. The maximum Gasteiger partial charge on any atom is 0.271 e. The lowest BCUT2D eigenvalue weighted by Gasteiger charge is -2.03. The molecule has 1 N–H and O–H groups in total. The van der Waals surface area contributed by atoms with Gasteiger partial charge in [-0.1, -0.05) is 19.8 Å². The van der Waals surface area contributed by atoms with E-state index in [9.17, 15) is 10.0 Å². The fraction of sp³-hybridized carbons (Fsp3) is 0.412. The average Bonchev–Trinajstić information content (AvgIpc) is 2.83. The van der Waals surface area contributed by atoms with Crippen molar-refractivity contribution in [2.24, 2.45) is 5.10 Å². The van der Waals surface area contributed by atoms with Gasteiger partial charge in [-0.05, 0) is 20.3 Å². The van der Waals surface area contributed by atoms with Crippen molar-refractivity contribution in [3.63, 3.8) is 0 Å². The molecule has 2 rings (SSSR count). The number of carbonyl (C=O) groups excluding carboxylic acids is 1. The Labute approximate surface area is 141 Å². The number of rotatable bonds is 7. The second-order valence-electron chi connectivity index (χ2n) is 5.66. The summed E-state index contributed by atoms with van der Waals surface area (Å²) in [5.74, 6) is -0.363. The van der Waals surface area contributed by atoms with E-state index in [1.54, 1.807) is 6.21 Å². The van der Waals surface area contributed by atoms with E-state index in [4.69, 9.17) is 0 Å². The molecule has 128 valence electrons. The zero-order valence-corrected chi connectivity index (χ0v) is 14.3. The van der Waals surface area contributed by atoms with Crippen molar-refractivity contribution < 1.29 is 9.52 Å². The summed E-state index contributed by atoms with van der Waals surface area (Å²) < 4.78 is 2.61. The van der Waals surface area contributed by atoms with Crippen LogP contribution in [0.2, 0.25) is 0 Å². The van der Waals surface area contributed by atoms with Crippen molar-refractivity contribution in [3.8, 4) is 0 Å². The topological polar surface area (TPSA) is 86.2 Å². The van der Waals surface area contributed by atoms with Gasteiger partial charge in [-0.3, -0.25) is 9.48 Å². The number of amides is 1. The predicted octanol–water partition coefficient (Wildman–Crippen LogP) is 2.09. The fourth-order valence-corrected chi connectivity index (χ4v) is 2.41. The van der Waals surface area contributed by atoms with Crippen LogP contribution in [0, 0.1) is 19.1 Å². The molecule has 7 nitrogen and oxygen atoms in total. The number of carbonyl (C=O) groups is 1. The molecule has 24 heavy (non-hydrogen) atoms. The molecule has 0 saturated heterocycles. The van der Waals surface area contributed by atoms with E-state index in [0.29, 0.717) is 10.3 Å². The van der Waals surface area contributed by atoms with Crippen LogP contribution in [-0.4, -0.2) is 21.9 Å². The molecular formula is C17H23N5O2. The molecule has 0 spiro atoms. The molecular weight excluding hydrogens is 306 g/mol. The van der Waals surface area contributed by atoms with Gasteiger partial charge >= 0.3 is 0 Å². The maximum atomic E-state index is 11.9. The van der Waals surface area contributed by atoms with Gasteiger partial charge in [0, 0.05) is 29.9 Å². The molecule has 7 heteroatoms. The summed E-state index contributed by atoms with van der Waals surface area (Å²) >= 11 is 0. The molecule has 0 radical (unpaired) electrons. The Morgan fingerprint density at radius 1 is 1.38 bits per heavy atom. The predicted molar refractivity (Wildman–Crippen MR) is 91.7 cm³/mol. The monoisotopic (exact) mass is 329 g/mol. The molecule has 0 unspecified atom stereocenters. The molecule has 0 aliphatic heterocycles. The molecule has 0 bridgehead atoms. The number of nitrogens with one attached hydrogen (secondary N) is 1. The van der Waals surface area contributed by atoms with Gasteiger partial charge in [0.1, 0.15) is 0 Å². The number of nitrogens with zero attached hydrogens (tertiary/aromatic N) is 4. The van der Waals surface area contributed by atoms with Gasteiger partial charge < -0.3 is 5.21 Å². The fourth-order valence-electron chi connectivity index (χ4n) is 2.41. The smallest absolute Gasteiger partial charge is 0.271 e. The molecule has 0 fully saturated rings. The second-order valence-corrected chi connectivity index (χ2v) is 5.66. The highest BCUT2D eigenvalue weighted by Gasteiger charge is 2.10. The minimum Gasteiger partial charge on any atom is -0.619 e. The highest BCUT2D eigenvalue weighted by molar-refractivity contribution is 5.94. The number of hydrogen-bond acceptors (Lipinski definition) is 4. The van der Waals surface area contributed by atoms with Gasteiger partial charge in [0.2, 0.25) is 0 Å². The van der Waals surface area contributed by atoms with E-state index in [-0.39, 0.29) is 5.91 Å². The molecule has 0 atom stereocenters. The van der Waals surface area contributed by atoms with Crippen LogP contribution < -0.4 is 10.2 Å². The third-order valence-corrected chi connectivity index (χ3v) is 3.83. The Kier molecular flexibility index (Phi) is 6.06. The van der Waals surface area contributed by atoms with Crippen LogP contribution in [-0.2, 0) is 6.54 Å². The SMILES string of the molecule is CCCCCn1nc(C)c(/C=N\NC(=O)c2cc[n+]([O-])cc2)c1C. The number of pyridine rings is 1. The summed E-state index contributed by atoms with van der Waals surface area (Å²) in [6.07, 6.45) is 7.60. The number of aromatic nitrogens is 3. The lowest BCUT2D eigenvalue weighted by molar-refractivity contribution is -0.605. The summed E-state index contributed by atoms with van der Waals surface area (Å²) in [6.45, 7) is 6.99. The van der Waals surface area contributed by atoms with Gasteiger partial charge in [0.25, 0.3) is 5.91 Å². The quantitative estimate of drug-likeness (QED) is 0.277. The van der Waals surface area contributed by atoms with Crippen LogP contribution in [0.1, 0.15) is 53.5 Å². The van der Waals surface area contributed by atoms with Crippen LogP contribution in [0.5, 0.6) is 0 Å². The minimum absolute atomic E-state index is 0.363. The lowest BCUT2D eigenvalue weighted by atomic mass is 10.2. The highest BCUT2D eigenvalue weighted by atomic mass is 16.5. The summed E-state index contributed by atoms with van der Waals surface area (Å²) in [5.41, 5.74) is 5.68. The Hall–Kier alpha value is -2.70. The molecule has 2 aromatic rings. The molecule has 2 aromatic heterocycles. The van der Waals surface area contributed by atoms with Crippen LogP contribution >= 0.6 is 0 Å². The Balaban J connectivity index is 2.01. The van der Waals surface area contributed by atoms with Crippen molar-refractivity contribution in [2.75, 3.05) is 0 Å². The van der Waals surface area contributed by atoms with Crippen LogP contribution in [0.25, 0.3) is 0 Å². The summed E-state index contributed by atoms with van der Waals surface area (Å²) in [7, 11) is 0. The van der Waals surface area contributed by atoms with E-state index in [1.807, 2.05) is 18.5 Å². The van der Waals surface area contributed by atoms with Crippen molar-refractivity contribution in [3.05, 3.63) is 52.2 Å². The third-order valence-electron chi connectivity index (χ3n) is 3.83. The van der Waals surface area contributed by atoms with Crippen LogP contribution in [0.15, 0.2) is 29.6 Å². The zero-order chi connectivity index (χ0) is 17.5. The highest BCUT2D eigenvalue weighted by Crippen LogP contribution is 2.12. The summed E-state index contributed by atoms with van der Waals surface area (Å²) in [4.78, 5) is 11.9. The van der Waals surface area contributed by atoms with E-state index in [0.717, 1.165) is 29.9 Å². The molecule has 0 aromatic carbocycles. The second kappa shape index (κ2) is 8.24. The van der Waals surface area contributed by atoms with Gasteiger partial charge in [0.15, 0.2) is 12.4 Å². The van der Waals surface area contributed by atoms with Crippen LogP contribution in [0.3, 0.4) is 0 Å². The van der Waals surface area contributed by atoms with Gasteiger partial charge in [0.05, 0.1) is 17.5 Å². The summed E-state index contributed by atoms with van der Waals surface area (Å²) in [5, 5.41) is 19.5. The van der Waals surface area contributed by atoms with Gasteiger partial charge in [-0.25, -0.2) is 5.43 Å². The Bertz CT molecular complexity index is 719. The van der Waals surface area contributed by atoms with Gasteiger partial charge in [-0.15, -0.1) is 0 Å². The molecule has 0 aliphatic carbocycles. The van der Waals surface area contributed by atoms with E-state index < -0.39 is 0 Å². The van der Waals surface area contributed by atoms with E-state index in [2.05, 4.69) is 22.5 Å². The first-order valence-corrected chi connectivity index (χ1v) is 8.09.